The number of amides is 2. The van der Waals surface area contributed by atoms with Crippen molar-refractivity contribution in [3.05, 3.63) is 102 Å². The number of aryl methyl sites for hydroxylation is 1. The van der Waals surface area contributed by atoms with E-state index in [2.05, 4.69) is 22.6 Å². The molecule has 0 radical (unpaired) electrons. The Morgan fingerprint density at radius 2 is 1.75 bits per heavy atom. The second-order valence-corrected chi connectivity index (χ2v) is 8.23. The largest absolute Gasteiger partial charge is 0.467 e. The second-order valence-electron chi connectivity index (χ2n) is 8.23. The predicted octanol–water partition coefficient (Wildman–Crippen LogP) is 4.27. The van der Waals surface area contributed by atoms with E-state index in [9.17, 15) is 9.59 Å². The quantitative estimate of drug-likeness (QED) is 0.336. The van der Waals surface area contributed by atoms with Gasteiger partial charge in [0.2, 0.25) is 5.91 Å². The Morgan fingerprint density at radius 1 is 0.972 bits per heavy atom. The normalized spacial score (nSPS) is 11.9. The summed E-state index contributed by atoms with van der Waals surface area (Å²) in [6.45, 7) is 2.12. The van der Waals surface area contributed by atoms with Crippen LogP contribution in [0.5, 0.6) is 0 Å². The summed E-state index contributed by atoms with van der Waals surface area (Å²) in [5.41, 5.74) is 3.09. The number of carbonyl (C=O) groups excluding carboxylic acids is 2. The molecule has 0 bridgehead atoms. The molecule has 3 aromatic heterocycles. The molecule has 9 nitrogen and oxygen atoms in total. The SMILES string of the molecule is CCc1ccc(N(C(=O)Cn2nnc3ccccc32)[C@H](C(=O)NCc2ccco2)c2ccco2)cc1. The number of aromatic nitrogens is 3. The minimum Gasteiger partial charge on any atom is -0.467 e. The molecular formula is C27H25N5O4. The maximum atomic E-state index is 13.9. The van der Waals surface area contributed by atoms with Crippen LogP contribution in [0.25, 0.3) is 11.0 Å². The van der Waals surface area contributed by atoms with Crippen molar-refractivity contribution in [2.75, 3.05) is 4.90 Å². The molecule has 0 spiro atoms. The predicted molar refractivity (Wildman–Crippen MR) is 133 cm³/mol. The zero-order valence-corrected chi connectivity index (χ0v) is 19.7. The first-order valence-corrected chi connectivity index (χ1v) is 11.7. The van der Waals surface area contributed by atoms with Gasteiger partial charge in [-0.2, -0.15) is 0 Å². The van der Waals surface area contributed by atoms with Crippen LogP contribution in [0.4, 0.5) is 5.69 Å². The van der Waals surface area contributed by atoms with Gasteiger partial charge in [0.05, 0.1) is 24.6 Å². The van der Waals surface area contributed by atoms with Gasteiger partial charge in [0.25, 0.3) is 5.91 Å². The zero-order chi connectivity index (χ0) is 24.9. The van der Waals surface area contributed by atoms with Crippen LogP contribution >= 0.6 is 0 Å². The summed E-state index contributed by atoms with van der Waals surface area (Å²) in [4.78, 5) is 28.9. The van der Waals surface area contributed by atoms with E-state index < -0.39 is 11.9 Å². The average molecular weight is 484 g/mol. The monoisotopic (exact) mass is 483 g/mol. The number of furan rings is 2. The second kappa shape index (κ2) is 10.3. The lowest BCUT2D eigenvalue weighted by Gasteiger charge is -2.30. The molecule has 0 unspecified atom stereocenters. The first-order valence-electron chi connectivity index (χ1n) is 11.7. The molecule has 182 valence electrons. The van der Waals surface area contributed by atoms with Gasteiger partial charge >= 0.3 is 0 Å². The molecule has 0 aliphatic heterocycles. The van der Waals surface area contributed by atoms with Crippen molar-refractivity contribution in [2.45, 2.75) is 32.5 Å². The number of carbonyl (C=O) groups is 2. The van der Waals surface area contributed by atoms with Crippen molar-refractivity contribution >= 4 is 28.5 Å². The average Bonchev–Trinajstić information content (AvgIpc) is 3.69. The Labute approximate surface area is 207 Å². The maximum Gasteiger partial charge on any atom is 0.251 e. The van der Waals surface area contributed by atoms with Crippen LogP contribution in [0.3, 0.4) is 0 Å². The van der Waals surface area contributed by atoms with Gasteiger partial charge < -0.3 is 14.2 Å². The number of rotatable bonds is 9. The summed E-state index contributed by atoms with van der Waals surface area (Å²) >= 11 is 0. The molecular weight excluding hydrogens is 458 g/mol. The van der Waals surface area contributed by atoms with Crippen LogP contribution in [0, 0.1) is 0 Å². The van der Waals surface area contributed by atoms with Crippen LogP contribution < -0.4 is 10.2 Å². The summed E-state index contributed by atoms with van der Waals surface area (Å²) in [6.07, 6.45) is 3.87. The van der Waals surface area contributed by atoms with Gasteiger partial charge in [0.1, 0.15) is 23.6 Å². The molecule has 0 aliphatic rings. The minimum absolute atomic E-state index is 0.112. The third-order valence-electron chi connectivity index (χ3n) is 5.93. The minimum atomic E-state index is -1.05. The molecule has 1 N–H and O–H groups in total. The van der Waals surface area contributed by atoms with E-state index in [0.717, 1.165) is 17.5 Å². The van der Waals surface area contributed by atoms with Crippen LogP contribution in [0.1, 0.15) is 30.0 Å². The first kappa shape index (κ1) is 23.1. The molecule has 9 heteroatoms. The molecule has 3 heterocycles. The highest BCUT2D eigenvalue weighted by Crippen LogP contribution is 2.29. The topological polar surface area (TPSA) is 106 Å². The molecule has 2 amide bonds. The lowest BCUT2D eigenvalue weighted by Crippen LogP contribution is -2.45. The van der Waals surface area contributed by atoms with Gasteiger partial charge in [-0.05, 0) is 60.5 Å². The smallest absolute Gasteiger partial charge is 0.251 e. The van der Waals surface area contributed by atoms with Crippen LogP contribution in [0.2, 0.25) is 0 Å². The fraction of sp³-hybridized carbons (Fsp3) is 0.185. The summed E-state index contributed by atoms with van der Waals surface area (Å²) in [5.74, 6) is 0.186. The maximum absolute atomic E-state index is 13.9. The number of para-hydroxylation sites is 1. The van der Waals surface area contributed by atoms with E-state index >= 15 is 0 Å². The molecule has 5 rings (SSSR count). The fourth-order valence-electron chi connectivity index (χ4n) is 4.07. The molecule has 0 aliphatic carbocycles. The molecule has 0 fully saturated rings. The van der Waals surface area contributed by atoms with Crippen molar-refractivity contribution in [2.24, 2.45) is 0 Å². The summed E-state index contributed by atoms with van der Waals surface area (Å²) < 4.78 is 12.5. The van der Waals surface area contributed by atoms with Gasteiger partial charge in [-0.1, -0.05) is 36.4 Å². The van der Waals surface area contributed by atoms with E-state index in [1.54, 1.807) is 30.5 Å². The van der Waals surface area contributed by atoms with Crippen LogP contribution in [-0.2, 0) is 29.1 Å². The van der Waals surface area contributed by atoms with Crippen molar-refractivity contribution in [3.63, 3.8) is 0 Å². The highest BCUT2D eigenvalue weighted by Gasteiger charge is 2.35. The summed E-state index contributed by atoms with van der Waals surface area (Å²) in [6, 6.07) is 20.8. The van der Waals surface area contributed by atoms with Gasteiger partial charge in [0, 0.05) is 5.69 Å². The van der Waals surface area contributed by atoms with E-state index in [1.807, 2.05) is 48.5 Å². The highest BCUT2D eigenvalue weighted by molar-refractivity contribution is 6.01. The summed E-state index contributed by atoms with van der Waals surface area (Å²) in [7, 11) is 0. The van der Waals surface area contributed by atoms with Crippen molar-refractivity contribution in [1.82, 2.24) is 20.3 Å². The Morgan fingerprint density at radius 3 is 2.47 bits per heavy atom. The van der Waals surface area contributed by atoms with Crippen LogP contribution in [-0.4, -0.2) is 26.8 Å². The third kappa shape index (κ3) is 4.76. The van der Waals surface area contributed by atoms with E-state index in [4.69, 9.17) is 8.83 Å². The standard InChI is InChI=1S/C27H25N5O4/c1-2-19-11-13-20(14-12-19)32(25(33)18-31-23-9-4-3-8-22(23)29-30-31)26(24-10-6-16-36-24)27(34)28-17-21-7-5-15-35-21/h3-16,26H,2,17-18H2,1H3,(H,28,34)/t26-/m0/s1. The van der Waals surface area contributed by atoms with Crippen LogP contribution in [0.15, 0.2) is 94.2 Å². The molecule has 0 saturated heterocycles. The van der Waals surface area contributed by atoms with Gasteiger partial charge in [-0.15, -0.1) is 5.10 Å². The number of anilines is 1. The fourth-order valence-corrected chi connectivity index (χ4v) is 4.07. The lowest BCUT2D eigenvalue weighted by molar-refractivity contribution is -0.127. The zero-order valence-electron chi connectivity index (χ0n) is 19.7. The number of fused-ring (bicyclic) bond motifs is 1. The number of nitrogens with zero attached hydrogens (tertiary/aromatic N) is 4. The lowest BCUT2D eigenvalue weighted by atomic mass is 10.1. The Balaban J connectivity index is 1.52. The first-order chi connectivity index (χ1) is 17.6. The molecule has 0 saturated carbocycles. The molecule has 2 aromatic carbocycles. The molecule has 5 aromatic rings. The summed E-state index contributed by atoms with van der Waals surface area (Å²) in [5, 5.41) is 11.2. The van der Waals surface area contributed by atoms with E-state index in [-0.39, 0.29) is 19.0 Å². The number of hydrogen-bond donors (Lipinski definition) is 1. The third-order valence-corrected chi connectivity index (χ3v) is 5.93. The Hall–Kier alpha value is -4.66. The molecule has 1 atom stereocenters. The van der Waals surface area contributed by atoms with Crippen molar-refractivity contribution in [3.8, 4) is 0 Å². The van der Waals surface area contributed by atoms with Gasteiger partial charge in [-0.3, -0.25) is 14.5 Å². The van der Waals surface area contributed by atoms with E-state index in [1.165, 1.54) is 15.8 Å². The van der Waals surface area contributed by atoms with Crippen molar-refractivity contribution in [1.29, 1.82) is 0 Å². The molecule has 36 heavy (non-hydrogen) atoms. The Kier molecular flexibility index (Phi) is 6.61. The van der Waals surface area contributed by atoms with Gasteiger partial charge in [0.15, 0.2) is 6.04 Å². The number of nitrogens with one attached hydrogen (secondary N) is 1. The van der Waals surface area contributed by atoms with E-state index in [0.29, 0.717) is 22.7 Å². The number of hydrogen-bond acceptors (Lipinski definition) is 6. The van der Waals surface area contributed by atoms with Gasteiger partial charge in [-0.25, -0.2) is 4.68 Å². The highest BCUT2D eigenvalue weighted by atomic mass is 16.3. The Bertz CT molecular complexity index is 1440. The van der Waals surface area contributed by atoms with Crippen molar-refractivity contribution < 1.29 is 18.4 Å². The number of benzene rings is 2.